The molecule has 0 radical (unpaired) electrons. The van der Waals surface area contributed by atoms with Crippen molar-refractivity contribution in [2.45, 2.75) is 51.4 Å². The molecule has 1 heterocycles. The van der Waals surface area contributed by atoms with Gasteiger partial charge in [-0.05, 0) is 66.3 Å². The van der Waals surface area contributed by atoms with Gasteiger partial charge in [0.15, 0.2) is 6.29 Å². The van der Waals surface area contributed by atoms with E-state index in [-0.39, 0.29) is 24.8 Å². The van der Waals surface area contributed by atoms with E-state index >= 15 is 0 Å². The first-order valence-corrected chi connectivity index (χ1v) is 12.1. The van der Waals surface area contributed by atoms with Crippen LogP contribution in [0, 0.1) is 5.82 Å². The van der Waals surface area contributed by atoms with E-state index < -0.39 is 12.3 Å². The zero-order chi connectivity index (χ0) is 25.5. The fraction of sp³-hybridized carbons (Fsp3) is 0.345. The van der Waals surface area contributed by atoms with E-state index in [1.807, 2.05) is 49.4 Å². The molecule has 1 aliphatic heterocycles. The minimum atomic E-state index is -0.837. The molecule has 3 aromatic carbocycles. The molecule has 6 nitrogen and oxygen atoms in total. The summed E-state index contributed by atoms with van der Waals surface area (Å²) in [5.74, 6) is 0.372. The molecule has 1 aliphatic rings. The van der Waals surface area contributed by atoms with E-state index in [1.165, 1.54) is 6.07 Å². The number of benzene rings is 3. The highest BCUT2D eigenvalue weighted by atomic mass is 19.1. The van der Waals surface area contributed by atoms with Gasteiger partial charge in [0.2, 0.25) is 0 Å². The van der Waals surface area contributed by atoms with Gasteiger partial charge < -0.3 is 24.1 Å². The number of aliphatic carboxylic acids is 1. The Morgan fingerprint density at radius 2 is 1.94 bits per heavy atom. The van der Waals surface area contributed by atoms with Gasteiger partial charge in [0.25, 0.3) is 0 Å². The second kappa shape index (κ2) is 11.9. The predicted octanol–water partition coefficient (Wildman–Crippen LogP) is 6.56. The van der Waals surface area contributed by atoms with Crippen molar-refractivity contribution in [3.63, 3.8) is 0 Å². The number of halogens is 1. The van der Waals surface area contributed by atoms with E-state index in [9.17, 15) is 9.18 Å². The van der Waals surface area contributed by atoms with Crippen LogP contribution in [0.3, 0.4) is 0 Å². The molecular weight excluding hydrogens is 463 g/mol. The van der Waals surface area contributed by atoms with E-state index in [4.69, 9.17) is 24.1 Å². The fourth-order valence-corrected chi connectivity index (χ4v) is 4.22. The predicted molar refractivity (Wildman–Crippen MR) is 134 cm³/mol. The van der Waals surface area contributed by atoms with Crippen molar-refractivity contribution in [3.8, 4) is 28.4 Å². The molecule has 36 heavy (non-hydrogen) atoms. The molecule has 0 saturated carbocycles. The number of methoxy groups -OCH3 is 1. The molecule has 1 fully saturated rings. The van der Waals surface area contributed by atoms with Crippen molar-refractivity contribution >= 4 is 5.97 Å². The second-order valence-electron chi connectivity index (χ2n) is 8.95. The Bertz CT molecular complexity index is 1190. The normalized spacial score (nSPS) is 16.2. The standard InChI is InChI=1S/C29H31FO6/c1-19(14-28(31)32)21-6-5-7-23(16-21)35-18-20-9-11-24(25-17-22(33-2)10-12-26(25)30)27(15-20)36-29-8-3-4-13-34-29/h5-7,9-12,15-17,19,29H,3-4,8,13-14,18H2,1-2H3,(H,31,32)/t19-,29?/m0/s1. The van der Waals surface area contributed by atoms with E-state index in [2.05, 4.69) is 0 Å². The SMILES string of the molecule is COc1ccc(F)c(-c2ccc(COc3cccc([C@@H](C)CC(=O)O)c3)cc2OC2CCCCO2)c1. The van der Waals surface area contributed by atoms with Crippen molar-refractivity contribution in [1.29, 1.82) is 0 Å². The van der Waals surface area contributed by atoms with Crippen LogP contribution in [-0.2, 0) is 16.1 Å². The third-order valence-corrected chi connectivity index (χ3v) is 6.22. The third kappa shape index (κ3) is 6.55. The van der Waals surface area contributed by atoms with Crippen LogP contribution in [0.25, 0.3) is 11.1 Å². The van der Waals surface area contributed by atoms with Crippen molar-refractivity contribution in [3.05, 3.63) is 77.6 Å². The number of hydrogen-bond donors (Lipinski definition) is 1. The van der Waals surface area contributed by atoms with E-state index in [0.717, 1.165) is 30.4 Å². The second-order valence-corrected chi connectivity index (χ2v) is 8.95. The number of carboxylic acids is 1. The van der Waals surface area contributed by atoms with E-state index in [1.54, 1.807) is 19.2 Å². The Labute approximate surface area is 210 Å². The van der Waals surface area contributed by atoms with Gasteiger partial charge in [0.1, 0.15) is 29.7 Å². The summed E-state index contributed by atoms with van der Waals surface area (Å²) in [6.07, 6.45) is 2.43. The average molecular weight is 495 g/mol. The minimum absolute atomic E-state index is 0.0513. The van der Waals surface area contributed by atoms with Gasteiger partial charge in [-0.15, -0.1) is 0 Å². The van der Waals surface area contributed by atoms with Crippen LogP contribution in [-0.4, -0.2) is 31.1 Å². The lowest BCUT2D eigenvalue weighted by atomic mass is 9.98. The first-order valence-electron chi connectivity index (χ1n) is 12.1. The van der Waals surface area contributed by atoms with Crippen LogP contribution in [0.15, 0.2) is 60.7 Å². The summed E-state index contributed by atoms with van der Waals surface area (Å²) in [6.45, 7) is 2.77. The summed E-state index contributed by atoms with van der Waals surface area (Å²) in [7, 11) is 1.54. The Balaban J connectivity index is 1.57. The Morgan fingerprint density at radius 1 is 1.08 bits per heavy atom. The summed E-state index contributed by atoms with van der Waals surface area (Å²) in [6, 6.07) is 17.6. The highest BCUT2D eigenvalue weighted by Gasteiger charge is 2.20. The lowest BCUT2D eigenvalue weighted by Gasteiger charge is -2.25. The lowest BCUT2D eigenvalue weighted by Crippen LogP contribution is -2.25. The largest absolute Gasteiger partial charge is 0.497 e. The summed E-state index contributed by atoms with van der Waals surface area (Å²) in [4.78, 5) is 11.1. The van der Waals surface area contributed by atoms with Gasteiger partial charge in [-0.1, -0.05) is 31.2 Å². The zero-order valence-corrected chi connectivity index (χ0v) is 20.5. The molecule has 1 saturated heterocycles. The van der Waals surface area contributed by atoms with Crippen LogP contribution < -0.4 is 14.2 Å². The topological polar surface area (TPSA) is 74.2 Å². The van der Waals surface area contributed by atoms with Gasteiger partial charge in [-0.2, -0.15) is 0 Å². The van der Waals surface area contributed by atoms with Crippen LogP contribution in [0.2, 0.25) is 0 Å². The maximum Gasteiger partial charge on any atom is 0.303 e. The lowest BCUT2D eigenvalue weighted by molar-refractivity contribution is -0.137. The highest BCUT2D eigenvalue weighted by Crippen LogP contribution is 2.36. The first kappa shape index (κ1) is 25.5. The Kier molecular flexibility index (Phi) is 8.44. The summed E-state index contributed by atoms with van der Waals surface area (Å²) in [5, 5.41) is 9.08. The fourth-order valence-electron chi connectivity index (χ4n) is 4.22. The molecule has 1 N–H and O–H groups in total. The van der Waals surface area contributed by atoms with Gasteiger partial charge in [-0.3, -0.25) is 4.79 Å². The summed E-state index contributed by atoms with van der Waals surface area (Å²) in [5.41, 5.74) is 2.73. The molecule has 0 spiro atoms. The Hall–Kier alpha value is -3.58. The molecule has 190 valence electrons. The molecule has 0 aliphatic carbocycles. The van der Waals surface area contributed by atoms with Crippen LogP contribution in [0.5, 0.6) is 17.2 Å². The van der Waals surface area contributed by atoms with Crippen LogP contribution in [0.4, 0.5) is 4.39 Å². The van der Waals surface area contributed by atoms with Crippen molar-refractivity contribution < 1.29 is 33.2 Å². The van der Waals surface area contributed by atoms with Crippen molar-refractivity contribution in [2.24, 2.45) is 0 Å². The third-order valence-electron chi connectivity index (χ3n) is 6.22. The molecule has 4 rings (SSSR count). The number of ether oxygens (including phenoxy) is 4. The number of carboxylic acid groups (broad SMARTS) is 1. The monoisotopic (exact) mass is 494 g/mol. The highest BCUT2D eigenvalue weighted by molar-refractivity contribution is 5.72. The molecule has 7 heteroatoms. The van der Waals surface area contributed by atoms with Crippen LogP contribution in [0.1, 0.15) is 49.7 Å². The number of carbonyl (C=O) groups is 1. The summed E-state index contributed by atoms with van der Waals surface area (Å²) >= 11 is 0. The molecule has 1 unspecified atom stereocenters. The average Bonchev–Trinajstić information content (AvgIpc) is 2.88. The van der Waals surface area contributed by atoms with Gasteiger partial charge in [0, 0.05) is 17.5 Å². The molecule has 0 amide bonds. The van der Waals surface area contributed by atoms with Crippen molar-refractivity contribution in [2.75, 3.05) is 13.7 Å². The Morgan fingerprint density at radius 3 is 2.69 bits per heavy atom. The van der Waals surface area contributed by atoms with Gasteiger partial charge >= 0.3 is 5.97 Å². The molecule has 3 aromatic rings. The first-order chi connectivity index (χ1) is 17.4. The van der Waals surface area contributed by atoms with E-state index in [0.29, 0.717) is 35.0 Å². The maximum absolute atomic E-state index is 14.8. The van der Waals surface area contributed by atoms with Gasteiger partial charge in [-0.25, -0.2) is 4.39 Å². The van der Waals surface area contributed by atoms with Gasteiger partial charge in [0.05, 0.1) is 20.1 Å². The summed E-state index contributed by atoms with van der Waals surface area (Å²) < 4.78 is 38.1. The molecular formula is C29H31FO6. The molecule has 2 atom stereocenters. The van der Waals surface area contributed by atoms with Crippen molar-refractivity contribution in [1.82, 2.24) is 0 Å². The van der Waals surface area contributed by atoms with Crippen LogP contribution >= 0.6 is 0 Å². The molecule has 0 aromatic heterocycles. The quantitative estimate of drug-likeness (QED) is 0.344. The minimum Gasteiger partial charge on any atom is -0.497 e. The maximum atomic E-state index is 14.8. The number of rotatable bonds is 10. The zero-order valence-electron chi connectivity index (χ0n) is 20.5. The smallest absolute Gasteiger partial charge is 0.303 e. The molecule has 0 bridgehead atoms. The number of hydrogen-bond acceptors (Lipinski definition) is 5.